The highest BCUT2D eigenvalue weighted by Crippen LogP contribution is 2.38. The number of nitrogen functional groups attached to an aromatic ring is 1. The number of phenolic OH excluding ortho intramolecular Hbond substituents is 1. The topological polar surface area (TPSA) is 153 Å². The molecule has 4 amide bonds. The number of aromatic nitrogens is 3. The fourth-order valence-electron chi connectivity index (χ4n) is 10.1. The van der Waals surface area contributed by atoms with Gasteiger partial charge in [-0.15, -0.1) is 10.2 Å². The Kier molecular flexibility index (Phi) is 10.7. The maximum absolute atomic E-state index is 13.9. The van der Waals surface area contributed by atoms with E-state index in [1.807, 2.05) is 41.3 Å². The first-order valence-electron chi connectivity index (χ1n) is 21.5. The average molecular weight is 810 g/mol. The Bertz CT molecular complexity index is 2430. The molecule has 0 aliphatic carbocycles. The van der Waals surface area contributed by atoms with Gasteiger partial charge in [0.2, 0.25) is 5.91 Å². The molecule has 13 heteroatoms. The van der Waals surface area contributed by atoms with E-state index in [-0.39, 0.29) is 34.9 Å². The average Bonchev–Trinajstić information content (AvgIpc) is 3.68. The molecule has 0 spiro atoms. The zero-order valence-electron chi connectivity index (χ0n) is 34.6. The van der Waals surface area contributed by atoms with E-state index in [4.69, 9.17) is 5.73 Å². The van der Waals surface area contributed by atoms with Crippen LogP contribution in [0.1, 0.15) is 85.3 Å². The Morgan fingerprint density at radius 1 is 0.917 bits per heavy atom. The Morgan fingerprint density at radius 2 is 1.72 bits per heavy atom. The molecule has 0 unspecified atom stereocenters. The van der Waals surface area contributed by atoms with Crippen molar-refractivity contribution in [2.75, 3.05) is 67.9 Å². The minimum absolute atomic E-state index is 0.116. The molecule has 1 atom stereocenters. The van der Waals surface area contributed by atoms with Gasteiger partial charge in [0, 0.05) is 105 Å². The molecule has 13 nitrogen and oxygen atoms in total. The molecule has 0 radical (unpaired) electrons. The molecule has 2 aromatic heterocycles. The van der Waals surface area contributed by atoms with Crippen LogP contribution in [0.5, 0.6) is 5.75 Å². The van der Waals surface area contributed by atoms with Crippen LogP contribution in [0.4, 0.5) is 22.0 Å². The predicted molar refractivity (Wildman–Crippen MR) is 234 cm³/mol. The number of hydrogen-bond acceptors (Lipinski definition) is 9. The van der Waals surface area contributed by atoms with E-state index in [1.54, 1.807) is 17.0 Å². The summed E-state index contributed by atoms with van der Waals surface area (Å²) in [6.45, 7) is 11.2. The summed E-state index contributed by atoms with van der Waals surface area (Å²) in [6.07, 6.45) is 8.66. The van der Waals surface area contributed by atoms with Gasteiger partial charge in [-0.05, 0) is 117 Å². The lowest BCUT2D eigenvalue weighted by atomic mass is 9.79. The number of anilines is 3. The summed E-state index contributed by atoms with van der Waals surface area (Å²) >= 11 is 0. The first-order valence-corrected chi connectivity index (χ1v) is 21.5. The van der Waals surface area contributed by atoms with E-state index >= 15 is 0 Å². The van der Waals surface area contributed by atoms with Gasteiger partial charge in [0.25, 0.3) is 5.91 Å². The summed E-state index contributed by atoms with van der Waals surface area (Å²) in [4.78, 5) is 46.5. The van der Waals surface area contributed by atoms with Crippen LogP contribution in [0.3, 0.4) is 0 Å². The number of hydrogen-bond donors (Lipinski definition) is 3. The number of benzene rings is 3. The van der Waals surface area contributed by atoms with Crippen molar-refractivity contribution in [1.82, 2.24) is 29.9 Å². The number of amides is 4. The molecule has 5 aromatic rings. The van der Waals surface area contributed by atoms with Crippen LogP contribution in [-0.4, -0.2) is 99.9 Å². The third kappa shape index (κ3) is 7.90. The molecule has 4 aliphatic heterocycles. The molecule has 4 fully saturated rings. The highest BCUT2D eigenvalue weighted by molar-refractivity contribution is 6.06. The summed E-state index contributed by atoms with van der Waals surface area (Å²) in [5, 5.41) is 22.5. The van der Waals surface area contributed by atoms with Crippen molar-refractivity contribution in [2.24, 2.45) is 5.41 Å². The van der Waals surface area contributed by atoms with Crippen molar-refractivity contribution in [2.45, 2.75) is 70.8 Å². The molecule has 9 rings (SSSR count). The fourth-order valence-corrected chi connectivity index (χ4v) is 10.1. The molecule has 6 heterocycles. The van der Waals surface area contributed by atoms with Gasteiger partial charge in [0.05, 0.1) is 11.4 Å². The number of urea groups is 1. The molecule has 312 valence electrons. The van der Waals surface area contributed by atoms with Gasteiger partial charge in [-0.2, -0.15) is 0 Å². The number of aryl methyl sites for hydroxylation is 1. The fraction of sp³-hybridized carbons (Fsp3) is 0.426. The van der Waals surface area contributed by atoms with Crippen molar-refractivity contribution in [3.8, 4) is 17.0 Å². The van der Waals surface area contributed by atoms with E-state index in [2.05, 4.69) is 74.2 Å². The van der Waals surface area contributed by atoms with E-state index in [0.717, 1.165) is 112 Å². The molecule has 4 saturated heterocycles. The predicted octanol–water partition coefficient (Wildman–Crippen LogP) is 7.10. The summed E-state index contributed by atoms with van der Waals surface area (Å²) in [7, 11) is 0. The number of nitrogens with two attached hydrogens (primary N) is 1. The SMILES string of the molecule is Cc1cc(C(=O)N2CCC(C)(CN3CCC(n4ccc5cc(N6CCC(=O)NC6=O)ccc54)CC3)CC2)ccc1[C@H]1CCCN(c2cc(-c3ccccc3O)nnc2N)C1. The largest absolute Gasteiger partial charge is 0.507 e. The Hall–Kier alpha value is -5.95. The first kappa shape index (κ1) is 39.5. The minimum atomic E-state index is -0.359. The number of fused-ring (bicyclic) bond motifs is 1. The quantitative estimate of drug-likeness (QED) is 0.149. The number of carbonyl (C=O) groups is 3. The third-order valence-corrected chi connectivity index (χ3v) is 13.6. The number of carbonyl (C=O) groups excluding carboxylic acids is 3. The van der Waals surface area contributed by atoms with Crippen molar-refractivity contribution in [3.05, 3.63) is 95.7 Å². The van der Waals surface area contributed by atoms with Gasteiger partial charge in [0.1, 0.15) is 5.75 Å². The van der Waals surface area contributed by atoms with E-state index in [0.29, 0.717) is 36.1 Å². The van der Waals surface area contributed by atoms with E-state index < -0.39 is 0 Å². The molecule has 60 heavy (non-hydrogen) atoms. The smallest absolute Gasteiger partial charge is 0.328 e. The lowest BCUT2D eigenvalue weighted by Crippen LogP contribution is -2.49. The summed E-state index contributed by atoms with van der Waals surface area (Å²) in [5.41, 5.74) is 13.7. The van der Waals surface area contributed by atoms with Crippen LogP contribution in [0.25, 0.3) is 22.2 Å². The lowest BCUT2D eigenvalue weighted by Gasteiger charge is -2.44. The molecule has 0 saturated carbocycles. The number of phenols is 1. The Labute approximate surface area is 351 Å². The van der Waals surface area contributed by atoms with Gasteiger partial charge >= 0.3 is 6.03 Å². The van der Waals surface area contributed by atoms with Crippen LogP contribution in [0.15, 0.2) is 79.0 Å². The Morgan fingerprint density at radius 3 is 2.48 bits per heavy atom. The van der Waals surface area contributed by atoms with Crippen LogP contribution in [0.2, 0.25) is 0 Å². The number of piperidine rings is 3. The van der Waals surface area contributed by atoms with Crippen LogP contribution in [0, 0.1) is 12.3 Å². The number of para-hydroxylation sites is 1. The van der Waals surface area contributed by atoms with Crippen molar-refractivity contribution in [1.29, 1.82) is 0 Å². The summed E-state index contributed by atoms with van der Waals surface area (Å²) < 4.78 is 2.39. The molecular weight excluding hydrogens is 755 g/mol. The number of aromatic hydroxyl groups is 1. The van der Waals surface area contributed by atoms with Gasteiger partial charge in [-0.3, -0.25) is 19.8 Å². The van der Waals surface area contributed by atoms with Gasteiger partial charge in [-0.25, -0.2) is 4.79 Å². The Balaban J connectivity index is 0.774. The number of nitrogens with one attached hydrogen (secondary N) is 1. The second kappa shape index (κ2) is 16.2. The maximum Gasteiger partial charge on any atom is 0.328 e. The van der Waals surface area contributed by atoms with Crippen LogP contribution in [-0.2, 0) is 4.79 Å². The lowest BCUT2D eigenvalue weighted by molar-refractivity contribution is -0.120. The molecule has 4 N–H and O–H groups in total. The van der Waals surface area contributed by atoms with Crippen LogP contribution >= 0.6 is 0 Å². The number of rotatable bonds is 8. The van der Waals surface area contributed by atoms with E-state index in [1.165, 1.54) is 11.1 Å². The van der Waals surface area contributed by atoms with Gasteiger partial charge in [-0.1, -0.05) is 25.1 Å². The highest BCUT2D eigenvalue weighted by atomic mass is 16.3. The summed E-state index contributed by atoms with van der Waals surface area (Å²) in [5.74, 6) is 0.706. The second-order valence-electron chi connectivity index (χ2n) is 17.7. The van der Waals surface area contributed by atoms with E-state index in [9.17, 15) is 19.5 Å². The second-order valence-corrected chi connectivity index (χ2v) is 17.7. The normalized spacial score (nSPS) is 20.4. The first-order chi connectivity index (χ1) is 29.0. The number of likely N-dealkylation sites (tertiary alicyclic amines) is 2. The molecular formula is C47H55N9O4. The minimum Gasteiger partial charge on any atom is -0.507 e. The van der Waals surface area contributed by atoms with Crippen molar-refractivity contribution >= 4 is 45.9 Å². The van der Waals surface area contributed by atoms with Gasteiger partial charge < -0.3 is 30.1 Å². The van der Waals surface area contributed by atoms with Crippen molar-refractivity contribution in [3.63, 3.8) is 0 Å². The number of imide groups is 1. The standard InChI is InChI=1S/C47H55N9O4/c1-31-26-33(9-11-37(31)34-6-5-19-54(29-34)41-28-39(50-51-44(41)48)38-7-3-4-8-42(38)57)45(59)53-24-17-47(2,18-25-53)30-52-20-14-35(15-21-52)55-22-13-32-27-36(10-12-40(32)55)56-23-16-43(58)49-46(56)60/h3-4,7-13,22,26-28,34-35,57H,5-6,14-21,23-25,29-30H2,1-2H3,(H2,48,51)(H,49,58,60)/t34-/m0/s1. The third-order valence-electron chi connectivity index (χ3n) is 13.6. The maximum atomic E-state index is 13.9. The monoisotopic (exact) mass is 809 g/mol. The molecule has 4 aliphatic rings. The number of nitrogens with zero attached hydrogens (tertiary/aromatic N) is 7. The molecule has 3 aromatic carbocycles. The van der Waals surface area contributed by atoms with Gasteiger partial charge in [0.15, 0.2) is 5.82 Å². The zero-order valence-corrected chi connectivity index (χ0v) is 34.6. The van der Waals surface area contributed by atoms with Crippen molar-refractivity contribution < 1.29 is 19.5 Å². The summed E-state index contributed by atoms with van der Waals surface area (Å²) in [6, 6.07) is 23.6. The van der Waals surface area contributed by atoms with Crippen LogP contribution < -0.4 is 20.9 Å². The molecule has 0 bridgehead atoms. The highest BCUT2D eigenvalue weighted by Gasteiger charge is 2.35. The zero-order chi connectivity index (χ0) is 41.5.